The molecular weight excluding hydrogens is 1100 g/mol. The van der Waals surface area contributed by atoms with Crippen LogP contribution in [0.1, 0.15) is 316 Å². The van der Waals surface area contributed by atoms with Crippen LogP contribution in [0.5, 0.6) is 0 Å². The Labute approximate surface area is 531 Å². The molecule has 2 heterocycles. The molecule has 0 aromatic carbocycles. The average Bonchev–Trinajstić information content (AvgIpc) is 2.33. The van der Waals surface area contributed by atoms with Gasteiger partial charge in [0.05, 0.1) is 32.0 Å². The monoisotopic (exact) mass is 1230 g/mol. The highest BCUT2D eigenvalue weighted by Crippen LogP contribution is 2.30. The topological polar surface area (TPSA) is 228 Å². The Balaban J connectivity index is 1.65. The molecule has 2 fully saturated rings. The maximum absolute atomic E-state index is 13.4. The van der Waals surface area contributed by atoms with Crippen molar-refractivity contribution in [1.29, 1.82) is 0 Å². The number of allylic oxidation sites excluding steroid dienone is 8. The fraction of sp³-hybridized carbons (Fsp3) is 0.877. The second-order valence-electron chi connectivity index (χ2n) is 25.7. The zero-order valence-electron chi connectivity index (χ0n) is 55.5. The molecule has 1 amide bonds. The van der Waals surface area contributed by atoms with Gasteiger partial charge in [0.25, 0.3) is 0 Å². The van der Waals surface area contributed by atoms with Crippen molar-refractivity contribution in [3.8, 4) is 0 Å². The van der Waals surface area contributed by atoms with E-state index in [4.69, 9.17) is 18.9 Å². The molecule has 0 aromatic heterocycles. The number of nitrogens with one attached hydrogen (secondary N) is 1. The van der Waals surface area contributed by atoms with E-state index < -0.39 is 86.8 Å². The zero-order valence-corrected chi connectivity index (χ0v) is 55.5. The Bertz CT molecular complexity index is 1640. The van der Waals surface area contributed by atoms with Gasteiger partial charge in [-0.1, -0.05) is 306 Å². The summed E-state index contributed by atoms with van der Waals surface area (Å²) in [6.45, 7) is 2.79. The minimum absolute atomic E-state index is 0.208. The third-order valence-electron chi connectivity index (χ3n) is 17.8. The summed E-state index contributed by atoms with van der Waals surface area (Å²) in [5, 5.41) is 87.7. The van der Waals surface area contributed by atoms with Crippen LogP contribution in [0.4, 0.5) is 0 Å². The lowest BCUT2D eigenvalue weighted by atomic mass is 9.97. The van der Waals surface area contributed by atoms with Crippen molar-refractivity contribution in [3.05, 3.63) is 48.6 Å². The van der Waals surface area contributed by atoms with Gasteiger partial charge in [0, 0.05) is 6.42 Å². The molecule has 0 saturated carbocycles. The lowest BCUT2D eigenvalue weighted by Crippen LogP contribution is -2.65. The molecular formula is C73H135NO13. The first-order valence-electron chi connectivity index (χ1n) is 36.4. The zero-order chi connectivity index (χ0) is 63.1. The number of ether oxygens (including phenoxy) is 4. The fourth-order valence-electron chi connectivity index (χ4n) is 12.1. The summed E-state index contributed by atoms with van der Waals surface area (Å²) in [5.41, 5.74) is 0. The minimum Gasteiger partial charge on any atom is -0.394 e. The van der Waals surface area contributed by atoms with Crippen LogP contribution in [-0.2, 0) is 23.7 Å². The number of unbranched alkanes of at least 4 members (excludes halogenated alkanes) is 39. The normalized spacial score (nSPS) is 23.5. The van der Waals surface area contributed by atoms with Crippen molar-refractivity contribution in [1.82, 2.24) is 5.32 Å². The number of carbonyl (C=O) groups is 1. The van der Waals surface area contributed by atoms with E-state index in [0.717, 1.165) is 83.5 Å². The summed E-state index contributed by atoms with van der Waals surface area (Å²) in [4.78, 5) is 13.4. The van der Waals surface area contributed by atoms with E-state index in [2.05, 4.69) is 67.8 Å². The molecule has 14 heteroatoms. The summed E-state index contributed by atoms with van der Waals surface area (Å²) >= 11 is 0. The summed E-state index contributed by atoms with van der Waals surface area (Å²) in [6.07, 6.45) is 58.4. The van der Waals surface area contributed by atoms with Crippen LogP contribution >= 0.6 is 0 Å². The summed E-state index contributed by atoms with van der Waals surface area (Å²) < 4.78 is 22.9. The van der Waals surface area contributed by atoms with Crippen LogP contribution in [0.25, 0.3) is 0 Å². The third kappa shape index (κ3) is 41.9. The van der Waals surface area contributed by atoms with E-state index in [0.29, 0.717) is 12.8 Å². The Morgan fingerprint density at radius 2 is 0.793 bits per heavy atom. The molecule has 2 aliphatic heterocycles. The quantitative estimate of drug-likeness (QED) is 0.0204. The van der Waals surface area contributed by atoms with Gasteiger partial charge in [-0.15, -0.1) is 0 Å². The maximum atomic E-state index is 13.4. The molecule has 87 heavy (non-hydrogen) atoms. The maximum Gasteiger partial charge on any atom is 0.220 e. The largest absolute Gasteiger partial charge is 0.394 e. The predicted octanol–water partition coefficient (Wildman–Crippen LogP) is 15.1. The number of aliphatic hydroxyl groups excluding tert-OH is 8. The molecule has 0 bridgehead atoms. The van der Waals surface area contributed by atoms with Gasteiger partial charge < -0.3 is 65.1 Å². The first-order chi connectivity index (χ1) is 42.6. The highest BCUT2D eigenvalue weighted by Gasteiger charge is 2.51. The van der Waals surface area contributed by atoms with Crippen molar-refractivity contribution in [3.63, 3.8) is 0 Å². The molecule has 14 nitrogen and oxygen atoms in total. The van der Waals surface area contributed by atoms with Crippen molar-refractivity contribution >= 4 is 5.91 Å². The minimum atomic E-state index is -1.78. The number of rotatable bonds is 60. The van der Waals surface area contributed by atoms with Gasteiger partial charge in [0.15, 0.2) is 12.6 Å². The second-order valence-corrected chi connectivity index (χ2v) is 25.7. The van der Waals surface area contributed by atoms with Gasteiger partial charge in [0.2, 0.25) is 5.91 Å². The summed E-state index contributed by atoms with van der Waals surface area (Å²) in [5.74, 6) is -0.208. The predicted molar refractivity (Wildman–Crippen MR) is 355 cm³/mol. The molecule has 0 radical (unpaired) electrons. The number of amides is 1. The average molecular weight is 1230 g/mol. The first-order valence-corrected chi connectivity index (χ1v) is 36.4. The van der Waals surface area contributed by atoms with Gasteiger partial charge in [-0.05, 0) is 51.4 Å². The van der Waals surface area contributed by atoms with Crippen LogP contribution < -0.4 is 5.32 Å². The number of aliphatic hydroxyl groups is 8. The lowest BCUT2D eigenvalue weighted by molar-refractivity contribution is -0.359. The summed E-state index contributed by atoms with van der Waals surface area (Å²) in [6, 6.07) is -0.835. The van der Waals surface area contributed by atoms with Gasteiger partial charge in [-0.2, -0.15) is 0 Å². The van der Waals surface area contributed by atoms with Crippen LogP contribution in [0, 0.1) is 0 Å². The highest BCUT2D eigenvalue weighted by molar-refractivity contribution is 5.76. The Morgan fingerprint density at radius 1 is 0.425 bits per heavy atom. The number of carbonyl (C=O) groups excluding carboxylic acids is 1. The molecule has 2 aliphatic rings. The van der Waals surface area contributed by atoms with Crippen LogP contribution in [0.15, 0.2) is 48.6 Å². The Hall–Kier alpha value is -2.05. The Morgan fingerprint density at radius 3 is 1.22 bits per heavy atom. The van der Waals surface area contributed by atoms with Crippen molar-refractivity contribution < 1.29 is 64.6 Å². The number of hydrogen-bond acceptors (Lipinski definition) is 13. The lowest BCUT2D eigenvalue weighted by Gasteiger charge is -2.46. The van der Waals surface area contributed by atoms with Gasteiger partial charge in [0.1, 0.15) is 48.8 Å². The van der Waals surface area contributed by atoms with Gasteiger partial charge in [-0.3, -0.25) is 4.79 Å². The van der Waals surface area contributed by atoms with Gasteiger partial charge >= 0.3 is 0 Å². The third-order valence-corrected chi connectivity index (χ3v) is 17.8. The van der Waals surface area contributed by atoms with E-state index in [1.165, 1.54) is 205 Å². The van der Waals surface area contributed by atoms with E-state index >= 15 is 0 Å². The second kappa shape index (κ2) is 57.8. The summed E-state index contributed by atoms with van der Waals surface area (Å²) in [7, 11) is 0. The fourth-order valence-corrected chi connectivity index (χ4v) is 12.1. The van der Waals surface area contributed by atoms with Crippen LogP contribution in [0.2, 0.25) is 0 Å². The van der Waals surface area contributed by atoms with E-state index in [1.54, 1.807) is 0 Å². The molecule has 0 spiro atoms. The van der Waals surface area contributed by atoms with Crippen LogP contribution in [0.3, 0.4) is 0 Å². The molecule has 0 aliphatic carbocycles. The molecule has 9 N–H and O–H groups in total. The smallest absolute Gasteiger partial charge is 0.220 e. The van der Waals surface area contributed by atoms with E-state index in [9.17, 15) is 45.6 Å². The standard InChI is InChI=1S/C73H135NO13/c1-3-5-7-9-11-13-15-17-19-21-23-25-27-28-29-30-31-32-33-35-36-38-40-42-44-46-48-50-52-54-56-62(77)61(60-84-72-70(83)68(81)71(64(59-76)86-72)87-73-69(82)67(80)66(79)63(58-75)85-73)74-65(78)57-55-53-51-49-47-45-43-41-39-37-34-26-24-22-20-18-16-14-12-10-8-6-4-2/h6,8,12,14,18,20,24,26,61-64,66-73,75-77,79-83H,3-5,7,9-11,13,15-17,19,21-23,25,27-60H2,1-2H3,(H,74,78)/b8-6-,14-12-,20-18-,26-24-. The van der Waals surface area contributed by atoms with E-state index in [1.807, 2.05) is 0 Å². The molecule has 2 saturated heterocycles. The van der Waals surface area contributed by atoms with Crippen LogP contribution in [-0.4, -0.2) is 140 Å². The van der Waals surface area contributed by atoms with Crippen molar-refractivity contribution in [2.45, 2.75) is 389 Å². The van der Waals surface area contributed by atoms with Gasteiger partial charge in [-0.25, -0.2) is 0 Å². The molecule has 2 rings (SSSR count). The van der Waals surface area contributed by atoms with Crippen molar-refractivity contribution in [2.24, 2.45) is 0 Å². The highest BCUT2D eigenvalue weighted by atomic mass is 16.7. The molecule has 12 unspecified atom stereocenters. The molecule has 12 atom stereocenters. The number of hydrogen-bond donors (Lipinski definition) is 9. The SMILES string of the molecule is CC/C=C\C/C=C\C/C=C\C/C=C\CCCCCCCCCCCCC(=O)NC(COC1OC(CO)C(OC2OC(CO)C(O)C(O)C2O)C(O)C1O)C(O)CCCCCCCCCCCCCCCCCCCCCCCCCCCCCCCC. The van der Waals surface area contributed by atoms with Crippen molar-refractivity contribution in [2.75, 3.05) is 19.8 Å². The first kappa shape index (κ1) is 81.0. The van der Waals surface area contributed by atoms with E-state index in [-0.39, 0.29) is 12.5 Å². The molecule has 0 aromatic rings. The Kier molecular flexibility index (Phi) is 53.9. The molecule has 510 valence electrons.